The molecule has 4 heteroatoms. The molecule has 1 aliphatic heterocycles. The van der Waals surface area contributed by atoms with Crippen LogP contribution in [-0.2, 0) is 4.84 Å². The van der Waals surface area contributed by atoms with Crippen molar-refractivity contribution in [3.63, 3.8) is 0 Å². The normalized spacial score (nSPS) is 15.6. The van der Waals surface area contributed by atoms with Gasteiger partial charge in [-0.15, -0.1) is 11.5 Å². The summed E-state index contributed by atoms with van der Waals surface area (Å²) >= 11 is 0. The zero-order valence-corrected chi connectivity index (χ0v) is 10.9. The number of imide groups is 1. The number of benzene rings is 1. The van der Waals surface area contributed by atoms with Crippen LogP contribution in [0, 0.1) is 18.3 Å². The molecule has 19 heavy (non-hydrogen) atoms. The number of carbonyl (C=O) groups is 2. The minimum absolute atomic E-state index is 0.316. The van der Waals surface area contributed by atoms with Crippen LogP contribution in [0.5, 0.6) is 0 Å². The number of rotatable bonds is 4. The lowest BCUT2D eigenvalue weighted by Crippen LogP contribution is -2.34. The van der Waals surface area contributed by atoms with E-state index in [9.17, 15) is 9.59 Å². The fourth-order valence-electron chi connectivity index (χ4n) is 1.96. The second kappa shape index (κ2) is 5.25. The molecule has 1 aromatic carbocycles. The fraction of sp³-hybridized carbons (Fsp3) is 0.333. The molecule has 0 fully saturated rings. The van der Waals surface area contributed by atoms with Gasteiger partial charge < -0.3 is 0 Å². The van der Waals surface area contributed by atoms with Crippen LogP contribution in [-0.4, -0.2) is 23.0 Å². The molecule has 0 N–H and O–H groups in total. The number of amides is 2. The second-order valence-corrected chi connectivity index (χ2v) is 4.84. The molecule has 1 aromatic rings. The summed E-state index contributed by atoms with van der Waals surface area (Å²) in [6.07, 6.45) is 5.38. The van der Waals surface area contributed by atoms with Gasteiger partial charge in [0.05, 0.1) is 11.1 Å². The standard InChI is InChI=1S/C15H15NO3/c1-4-11(9-10(2)3)19-16-14(17)12-7-5-6-8-13(12)15(16)18/h1,5-8,10-11H,9H2,2-3H3. The first-order chi connectivity index (χ1) is 9.04. The maximum Gasteiger partial charge on any atom is 0.285 e. The van der Waals surface area contributed by atoms with Gasteiger partial charge in [-0.2, -0.15) is 0 Å². The van der Waals surface area contributed by atoms with Gasteiger partial charge in [0.25, 0.3) is 11.8 Å². The molecule has 4 nitrogen and oxygen atoms in total. The van der Waals surface area contributed by atoms with Crippen molar-refractivity contribution >= 4 is 11.8 Å². The molecule has 1 unspecified atom stereocenters. The van der Waals surface area contributed by atoms with E-state index < -0.39 is 17.9 Å². The highest BCUT2D eigenvalue weighted by Gasteiger charge is 2.37. The zero-order valence-electron chi connectivity index (χ0n) is 10.9. The van der Waals surface area contributed by atoms with Gasteiger partial charge in [-0.3, -0.25) is 9.59 Å². The van der Waals surface area contributed by atoms with Gasteiger partial charge in [0.15, 0.2) is 0 Å². The summed E-state index contributed by atoms with van der Waals surface area (Å²) in [5, 5.41) is 0.775. The molecule has 2 rings (SSSR count). The number of fused-ring (bicyclic) bond motifs is 1. The van der Waals surface area contributed by atoms with Crippen LogP contribution in [0.4, 0.5) is 0 Å². The molecule has 2 amide bonds. The van der Waals surface area contributed by atoms with Gasteiger partial charge in [-0.1, -0.05) is 31.9 Å². The molecule has 0 spiro atoms. The average Bonchev–Trinajstić information content (AvgIpc) is 2.63. The van der Waals surface area contributed by atoms with Crippen LogP contribution >= 0.6 is 0 Å². The molecule has 1 aliphatic rings. The molecular weight excluding hydrogens is 242 g/mol. The molecular formula is C15H15NO3. The quantitative estimate of drug-likeness (QED) is 0.614. The predicted molar refractivity (Wildman–Crippen MR) is 70.1 cm³/mol. The molecule has 0 bridgehead atoms. The van der Waals surface area contributed by atoms with Crippen molar-refractivity contribution < 1.29 is 14.4 Å². The summed E-state index contributed by atoms with van der Waals surface area (Å²) in [5.41, 5.74) is 0.709. The molecule has 98 valence electrons. The van der Waals surface area contributed by atoms with Gasteiger partial charge in [-0.05, 0) is 24.5 Å². The largest absolute Gasteiger partial charge is 0.285 e. The highest BCUT2D eigenvalue weighted by atomic mass is 16.7. The van der Waals surface area contributed by atoms with E-state index in [-0.39, 0.29) is 0 Å². The van der Waals surface area contributed by atoms with Crippen LogP contribution in [0.3, 0.4) is 0 Å². The number of hydroxylamine groups is 2. The van der Waals surface area contributed by atoms with Crippen molar-refractivity contribution in [2.45, 2.75) is 26.4 Å². The maximum atomic E-state index is 12.1. The van der Waals surface area contributed by atoms with Crippen molar-refractivity contribution in [2.75, 3.05) is 0 Å². The summed E-state index contributed by atoms with van der Waals surface area (Å²) in [6, 6.07) is 6.62. The highest BCUT2D eigenvalue weighted by Crippen LogP contribution is 2.24. The number of hydrogen-bond donors (Lipinski definition) is 0. The topological polar surface area (TPSA) is 46.6 Å². The van der Waals surface area contributed by atoms with Crippen molar-refractivity contribution in [1.82, 2.24) is 5.06 Å². The third-order valence-electron chi connectivity index (χ3n) is 2.86. The lowest BCUT2D eigenvalue weighted by molar-refractivity contribution is -0.117. The van der Waals surface area contributed by atoms with E-state index in [1.54, 1.807) is 24.3 Å². The Morgan fingerprint density at radius 2 is 1.74 bits per heavy atom. The van der Waals surface area contributed by atoms with Crippen molar-refractivity contribution in [3.05, 3.63) is 35.4 Å². The van der Waals surface area contributed by atoms with Crippen molar-refractivity contribution in [1.29, 1.82) is 0 Å². The minimum atomic E-state index is -0.581. The number of hydrogen-bond acceptors (Lipinski definition) is 3. The molecule has 0 aliphatic carbocycles. The van der Waals surface area contributed by atoms with Gasteiger partial charge in [-0.25, -0.2) is 4.84 Å². The lowest BCUT2D eigenvalue weighted by atomic mass is 10.1. The van der Waals surface area contributed by atoms with Crippen molar-refractivity contribution in [3.8, 4) is 12.3 Å². The Balaban J connectivity index is 2.18. The third kappa shape index (κ3) is 2.51. The third-order valence-corrected chi connectivity index (χ3v) is 2.86. The van der Waals surface area contributed by atoms with E-state index in [0.717, 1.165) is 5.06 Å². The van der Waals surface area contributed by atoms with Gasteiger partial charge in [0.1, 0.15) is 6.10 Å². The summed E-state index contributed by atoms with van der Waals surface area (Å²) in [7, 11) is 0. The zero-order chi connectivity index (χ0) is 14.0. The Morgan fingerprint density at radius 3 is 2.16 bits per heavy atom. The Kier molecular flexibility index (Phi) is 3.68. The predicted octanol–water partition coefficient (Wildman–Crippen LogP) is 2.26. The average molecular weight is 257 g/mol. The van der Waals surface area contributed by atoms with Crippen LogP contribution in [0.15, 0.2) is 24.3 Å². The molecule has 0 radical (unpaired) electrons. The summed E-state index contributed by atoms with van der Waals surface area (Å²) in [6.45, 7) is 3.99. The second-order valence-electron chi connectivity index (χ2n) is 4.84. The Morgan fingerprint density at radius 1 is 1.21 bits per heavy atom. The first-order valence-electron chi connectivity index (χ1n) is 6.15. The van der Waals surface area contributed by atoms with Crippen LogP contribution in [0.2, 0.25) is 0 Å². The molecule has 0 aromatic heterocycles. The first-order valence-corrected chi connectivity index (χ1v) is 6.15. The summed E-state index contributed by atoms with van der Waals surface area (Å²) in [4.78, 5) is 29.5. The SMILES string of the molecule is C#CC(CC(C)C)ON1C(=O)c2ccccc2C1=O. The molecule has 0 saturated heterocycles. The molecule has 1 heterocycles. The van der Waals surface area contributed by atoms with Gasteiger partial charge in [0, 0.05) is 0 Å². The van der Waals surface area contributed by atoms with E-state index in [1.807, 2.05) is 13.8 Å². The van der Waals surface area contributed by atoms with E-state index in [2.05, 4.69) is 5.92 Å². The van der Waals surface area contributed by atoms with Gasteiger partial charge in [0.2, 0.25) is 0 Å². The fourth-order valence-corrected chi connectivity index (χ4v) is 1.96. The first kappa shape index (κ1) is 13.3. The molecule has 1 atom stereocenters. The van der Waals surface area contributed by atoms with E-state index in [0.29, 0.717) is 23.5 Å². The monoisotopic (exact) mass is 257 g/mol. The number of nitrogens with zero attached hydrogens (tertiary/aromatic N) is 1. The Hall–Kier alpha value is -2.12. The van der Waals surface area contributed by atoms with E-state index >= 15 is 0 Å². The number of carbonyl (C=O) groups excluding carboxylic acids is 2. The smallest absolute Gasteiger partial charge is 0.266 e. The van der Waals surface area contributed by atoms with Crippen LogP contribution in [0.25, 0.3) is 0 Å². The summed E-state index contributed by atoms with van der Waals surface area (Å²) in [5.74, 6) is 1.87. The van der Waals surface area contributed by atoms with Gasteiger partial charge >= 0.3 is 0 Å². The Labute approximate surface area is 112 Å². The van der Waals surface area contributed by atoms with E-state index in [4.69, 9.17) is 11.3 Å². The van der Waals surface area contributed by atoms with Crippen LogP contribution in [0.1, 0.15) is 41.0 Å². The minimum Gasteiger partial charge on any atom is -0.266 e. The Bertz CT molecular complexity index is 522. The van der Waals surface area contributed by atoms with Crippen LogP contribution < -0.4 is 0 Å². The lowest BCUT2D eigenvalue weighted by Gasteiger charge is -2.19. The molecule has 0 saturated carbocycles. The maximum absolute atomic E-state index is 12.1. The van der Waals surface area contributed by atoms with E-state index in [1.165, 1.54) is 0 Å². The van der Waals surface area contributed by atoms with Crippen molar-refractivity contribution in [2.24, 2.45) is 5.92 Å². The highest BCUT2D eigenvalue weighted by molar-refractivity contribution is 6.20. The number of terminal acetylenes is 1. The summed E-state index contributed by atoms with van der Waals surface area (Å²) < 4.78 is 0.